The van der Waals surface area contributed by atoms with Gasteiger partial charge in [0.15, 0.2) is 11.7 Å². The zero-order chi connectivity index (χ0) is 13.1. The van der Waals surface area contributed by atoms with Crippen molar-refractivity contribution in [1.82, 2.24) is 5.32 Å². The lowest BCUT2D eigenvalue weighted by molar-refractivity contribution is 0.0972. The molecule has 0 aromatic carbocycles. The highest BCUT2D eigenvalue weighted by molar-refractivity contribution is 5.89. The Hall–Kier alpha value is -1.98. The molecule has 0 aliphatic heterocycles. The number of furan rings is 1. The van der Waals surface area contributed by atoms with Gasteiger partial charge in [-0.1, -0.05) is 0 Å². The molecule has 0 unspecified atom stereocenters. The van der Waals surface area contributed by atoms with E-state index in [1.807, 2.05) is 20.8 Å². The molecule has 0 aliphatic carbocycles. The second-order valence-corrected chi connectivity index (χ2v) is 4.71. The van der Waals surface area contributed by atoms with Gasteiger partial charge in [-0.3, -0.25) is 4.79 Å². The number of rotatable bonds is 3. The van der Waals surface area contributed by atoms with Crippen LogP contribution in [-0.2, 0) is 6.54 Å². The third-order valence-electron chi connectivity index (χ3n) is 1.81. The Morgan fingerprint density at radius 2 is 2.06 bits per heavy atom. The van der Waals surface area contributed by atoms with Gasteiger partial charge < -0.3 is 21.2 Å². The number of aliphatic imine (C=N–C) groups is 1. The number of hydrogen-bond acceptors (Lipinski definition) is 3. The van der Waals surface area contributed by atoms with Crippen molar-refractivity contribution in [3.05, 3.63) is 23.7 Å². The Bertz CT molecular complexity index is 429. The summed E-state index contributed by atoms with van der Waals surface area (Å²) in [5, 5.41) is 3.01. The number of nitrogens with zero attached hydrogens (tertiary/aromatic N) is 1. The standard InChI is InChI=1S/C11H18N4O2/c1-11(2,3)15-10(13)14-6-7-4-5-8(17-7)9(12)16/h4-5H,6H2,1-3H3,(H2,12,16)(H3,13,14,15). The van der Waals surface area contributed by atoms with E-state index >= 15 is 0 Å². The summed E-state index contributed by atoms with van der Waals surface area (Å²) in [6.07, 6.45) is 0. The van der Waals surface area contributed by atoms with Gasteiger partial charge in [-0.15, -0.1) is 0 Å². The van der Waals surface area contributed by atoms with E-state index in [2.05, 4.69) is 10.3 Å². The summed E-state index contributed by atoms with van der Waals surface area (Å²) in [4.78, 5) is 14.9. The quantitative estimate of drug-likeness (QED) is 0.529. The van der Waals surface area contributed by atoms with Crippen LogP contribution in [0.25, 0.3) is 0 Å². The summed E-state index contributed by atoms with van der Waals surface area (Å²) in [6.45, 7) is 6.20. The average molecular weight is 238 g/mol. The lowest BCUT2D eigenvalue weighted by Crippen LogP contribution is -2.44. The van der Waals surface area contributed by atoms with Crippen molar-refractivity contribution < 1.29 is 9.21 Å². The number of guanidine groups is 1. The van der Waals surface area contributed by atoms with E-state index in [9.17, 15) is 4.79 Å². The molecule has 0 spiro atoms. The fraction of sp³-hybridized carbons (Fsp3) is 0.455. The smallest absolute Gasteiger partial charge is 0.284 e. The van der Waals surface area contributed by atoms with Crippen molar-refractivity contribution in [2.45, 2.75) is 32.9 Å². The summed E-state index contributed by atoms with van der Waals surface area (Å²) < 4.78 is 5.16. The van der Waals surface area contributed by atoms with Gasteiger partial charge in [-0.2, -0.15) is 0 Å². The molecule has 0 fully saturated rings. The molecule has 17 heavy (non-hydrogen) atoms. The van der Waals surface area contributed by atoms with E-state index < -0.39 is 5.91 Å². The summed E-state index contributed by atoms with van der Waals surface area (Å²) in [5.74, 6) is 0.394. The highest BCUT2D eigenvalue weighted by atomic mass is 16.3. The Balaban J connectivity index is 2.60. The lowest BCUT2D eigenvalue weighted by atomic mass is 10.1. The highest BCUT2D eigenvalue weighted by Crippen LogP contribution is 2.08. The molecule has 0 radical (unpaired) electrons. The number of nitrogens with one attached hydrogen (secondary N) is 1. The van der Waals surface area contributed by atoms with Gasteiger partial charge >= 0.3 is 0 Å². The van der Waals surface area contributed by atoms with Crippen molar-refractivity contribution in [3.8, 4) is 0 Å². The van der Waals surface area contributed by atoms with Crippen molar-refractivity contribution in [3.63, 3.8) is 0 Å². The monoisotopic (exact) mass is 238 g/mol. The number of primary amides is 1. The van der Waals surface area contributed by atoms with Gasteiger partial charge in [0.25, 0.3) is 5.91 Å². The molecular formula is C11H18N4O2. The minimum absolute atomic E-state index is 0.123. The van der Waals surface area contributed by atoms with Crippen LogP contribution in [0.5, 0.6) is 0 Å². The Morgan fingerprint density at radius 1 is 1.41 bits per heavy atom. The number of carbonyl (C=O) groups is 1. The molecule has 1 aromatic heterocycles. The molecule has 0 atom stereocenters. The van der Waals surface area contributed by atoms with Crippen LogP contribution in [0, 0.1) is 0 Å². The van der Waals surface area contributed by atoms with E-state index in [0.29, 0.717) is 11.7 Å². The minimum atomic E-state index is -0.596. The Labute approximate surface area is 100 Å². The first-order valence-corrected chi connectivity index (χ1v) is 5.24. The minimum Gasteiger partial charge on any atom is -0.454 e. The number of amides is 1. The SMILES string of the molecule is CC(C)(C)NC(N)=NCc1ccc(C(N)=O)o1. The van der Waals surface area contributed by atoms with Gasteiger partial charge in [0.05, 0.1) is 0 Å². The van der Waals surface area contributed by atoms with Crippen molar-refractivity contribution in [1.29, 1.82) is 0 Å². The molecule has 1 rings (SSSR count). The molecule has 5 N–H and O–H groups in total. The van der Waals surface area contributed by atoms with Crippen molar-refractivity contribution in [2.75, 3.05) is 0 Å². The zero-order valence-electron chi connectivity index (χ0n) is 10.3. The highest BCUT2D eigenvalue weighted by Gasteiger charge is 2.10. The molecular weight excluding hydrogens is 220 g/mol. The second kappa shape index (κ2) is 4.90. The Morgan fingerprint density at radius 3 is 2.53 bits per heavy atom. The van der Waals surface area contributed by atoms with Crippen LogP contribution in [0.2, 0.25) is 0 Å². The van der Waals surface area contributed by atoms with E-state index in [1.165, 1.54) is 6.07 Å². The van der Waals surface area contributed by atoms with Gasteiger partial charge in [-0.25, -0.2) is 4.99 Å². The number of hydrogen-bond donors (Lipinski definition) is 3. The fourth-order valence-electron chi connectivity index (χ4n) is 1.18. The van der Waals surface area contributed by atoms with Crippen LogP contribution in [0.1, 0.15) is 37.1 Å². The molecule has 1 amide bonds. The molecule has 94 valence electrons. The third-order valence-corrected chi connectivity index (χ3v) is 1.81. The van der Waals surface area contributed by atoms with Crippen molar-refractivity contribution >= 4 is 11.9 Å². The van der Waals surface area contributed by atoms with Crippen LogP contribution in [0.15, 0.2) is 21.5 Å². The summed E-state index contributed by atoms with van der Waals surface area (Å²) in [6, 6.07) is 3.16. The lowest BCUT2D eigenvalue weighted by Gasteiger charge is -2.20. The summed E-state index contributed by atoms with van der Waals surface area (Å²) in [7, 11) is 0. The molecule has 0 saturated carbocycles. The van der Waals surface area contributed by atoms with Crippen LogP contribution < -0.4 is 16.8 Å². The molecule has 1 aromatic rings. The van der Waals surface area contributed by atoms with E-state index in [0.717, 1.165) is 0 Å². The van der Waals surface area contributed by atoms with Gasteiger partial charge in [-0.05, 0) is 32.9 Å². The maximum atomic E-state index is 10.8. The molecule has 0 aliphatic rings. The molecule has 6 heteroatoms. The number of nitrogens with two attached hydrogens (primary N) is 2. The first-order chi connectivity index (χ1) is 7.78. The topological polar surface area (TPSA) is 107 Å². The summed E-state index contributed by atoms with van der Waals surface area (Å²) in [5.41, 5.74) is 10.6. The molecule has 0 saturated heterocycles. The third kappa shape index (κ3) is 4.58. The normalized spacial score (nSPS) is 12.5. The average Bonchev–Trinajstić information content (AvgIpc) is 2.60. The number of carbonyl (C=O) groups excluding carboxylic acids is 1. The maximum Gasteiger partial charge on any atom is 0.284 e. The van der Waals surface area contributed by atoms with E-state index in [1.54, 1.807) is 6.07 Å². The first-order valence-electron chi connectivity index (χ1n) is 5.24. The second-order valence-electron chi connectivity index (χ2n) is 4.71. The largest absolute Gasteiger partial charge is 0.454 e. The predicted octanol–water partition coefficient (Wildman–Crippen LogP) is 0.581. The van der Waals surface area contributed by atoms with Crippen molar-refractivity contribution in [2.24, 2.45) is 16.5 Å². The fourth-order valence-corrected chi connectivity index (χ4v) is 1.18. The molecule has 6 nitrogen and oxygen atoms in total. The van der Waals surface area contributed by atoms with Crippen LogP contribution >= 0.6 is 0 Å². The van der Waals surface area contributed by atoms with Gasteiger partial charge in [0.1, 0.15) is 12.3 Å². The molecule has 1 heterocycles. The van der Waals surface area contributed by atoms with Gasteiger partial charge in [0.2, 0.25) is 0 Å². The van der Waals surface area contributed by atoms with Gasteiger partial charge in [0, 0.05) is 5.54 Å². The first kappa shape index (κ1) is 13.1. The van der Waals surface area contributed by atoms with Crippen LogP contribution in [-0.4, -0.2) is 17.4 Å². The van der Waals surface area contributed by atoms with Crippen LogP contribution in [0.4, 0.5) is 0 Å². The zero-order valence-corrected chi connectivity index (χ0v) is 10.3. The van der Waals surface area contributed by atoms with E-state index in [-0.39, 0.29) is 17.8 Å². The van der Waals surface area contributed by atoms with Crippen LogP contribution in [0.3, 0.4) is 0 Å². The molecule has 0 bridgehead atoms. The predicted molar refractivity (Wildman–Crippen MR) is 65.4 cm³/mol. The maximum absolute atomic E-state index is 10.8. The summed E-state index contributed by atoms with van der Waals surface area (Å²) >= 11 is 0. The Kier molecular flexibility index (Phi) is 3.77. The van der Waals surface area contributed by atoms with E-state index in [4.69, 9.17) is 15.9 Å².